The summed E-state index contributed by atoms with van der Waals surface area (Å²) in [6, 6.07) is 4.25. The largest absolute Gasteiger partial charge is 0.377 e. The molecule has 0 aromatic carbocycles. The first kappa shape index (κ1) is 15.7. The SMILES string of the molecule is CC1CCN(C(O)CC#N)CC1N(C)c1ncnc2[nH]ccc12. The monoisotopic (exact) mass is 314 g/mol. The van der Waals surface area contributed by atoms with Gasteiger partial charge in [-0.05, 0) is 18.4 Å². The molecule has 0 spiro atoms. The standard InChI is InChI=1S/C16H22N6O/c1-11-5-8-22(14(23)3-6-17)9-13(11)21(2)16-12-4-7-18-15(12)19-10-20-16/h4,7,10-11,13-14,23H,3,5,8-9H2,1-2H3,(H,18,19,20). The average Bonchev–Trinajstić information content (AvgIpc) is 3.03. The summed E-state index contributed by atoms with van der Waals surface area (Å²) in [6.07, 6.45) is 3.87. The van der Waals surface area contributed by atoms with E-state index in [-0.39, 0.29) is 12.5 Å². The first-order chi connectivity index (χ1) is 11.1. The molecule has 3 atom stereocenters. The highest BCUT2D eigenvalue weighted by molar-refractivity contribution is 5.87. The van der Waals surface area contributed by atoms with Crippen LogP contribution in [0, 0.1) is 17.2 Å². The van der Waals surface area contributed by atoms with Gasteiger partial charge in [-0.3, -0.25) is 4.90 Å². The first-order valence-electron chi connectivity index (χ1n) is 7.91. The highest BCUT2D eigenvalue weighted by Crippen LogP contribution is 2.29. The Morgan fingerprint density at radius 3 is 3.17 bits per heavy atom. The van der Waals surface area contributed by atoms with E-state index >= 15 is 0 Å². The van der Waals surface area contributed by atoms with Crippen LogP contribution in [-0.4, -0.2) is 57.4 Å². The fourth-order valence-corrected chi connectivity index (χ4v) is 3.36. The molecule has 23 heavy (non-hydrogen) atoms. The van der Waals surface area contributed by atoms with Crippen molar-refractivity contribution in [2.75, 3.05) is 25.0 Å². The number of aliphatic hydroxyl groups is 1. The predicted octanol–water partition coefficient (Wildman–Crippen LogP) is 1.34. The molecule has 0 amide bonds. The summed E-state index contributed by atoms with van der Waals surface area (Å²) in [7, 11) is 2.04. The molecule has 0 aliphatic carbocycles. The Morgan fingerprint density at radius 2 is 2.39 bits per heavy atom. The number of nitrogens with one attached hydrogen (secondary N) is 1. The minimum atomic E-state index is -0.693. The minimum absolute atomic E-state index is 0.139. The van der Waals surface area contributed by atoms with Crippen molar-refractivity contribution in [3.63, 3.8) is 0 Å². The number of aromatic amines is 1. The van der Waals surface area contributed by atoms with Gasteiger partial charge in [-0.15, -0.1) is 0 Å². The quantitative estimate of drug-likeness (QED) is 0.884. The van der Waals surface area contributed by atoms with E-state index in [2.05, 4.69) is 26.8 Å². The van der Waals surface area contributed by atoms with E-state index in [1.54, 1.807) is 6.33 Å². The van der Waals surface area contributed by atoms with Crippen molar-refractivity contribution >= 4 is 16.9 Å². The van der Waals surface area contributed by atoms with Crippen molar-refractivity contribution < 1.29 is 5.11 Å². The normalized spacial score (nSPS) is 23.6. The van der Waals surface area contributed by atoms with E-state index in [1.165, 1.54) is 0 Å². The van der Waals surface area contributed by atoms with Crippen LogP contribution in [0.1, 0.15) is 19.8 Å². The van der Waals surface area contributed by atoms with Gasteiger partial charge in [0.05, 0.1) is 17.9 Å². The second kappa shape index (κ2) is 6.52. The molecule has 3 heterocycles. The number of nitriles is 1. The fourth-order valence-electron chi connectivity index (χ4n) is 3.36. The highest BCUT2D eigenvalue weighted by atomic mass is 16.3. The van der Waals surface area contributed by atoms with Gasteiger partial charge < -0.3 is 15.0 Å². The Labute approximate surface area is 135 Å². The van der Waals surface area contributed by atoms with Crippen LogP contribution in [0.2, 0.25) is 0 Å². The number of likely N-dealkylation sites (tertiary alicyclic amines) is 1. The predicted molar refractivity (Wildman–Crippen MR) is 87.7 cm³/mol. The van der Waals surface area contributed by atoms with E-state index in [0.29, 0.717) is 5.92 Å². The van der Waals surface area contributed by atoms with Crippen molar-refractivity contribution in [2.24, 2.45) is 5.92 Å². The van der Waals surface area contributed by atoms with Crippen LogP contribution in [0.25, 0.3) is 11.0 Å². The van der Waals surface area contributed by atoms with E-state index in [9.17, 15) is 5.11 Å². The topological polar surface area (TPSA) is 92.1 Å². The molecule has 1 fully saturated rings. The number of likely N-dealkylation sites (N-methyl/N-ethyl adjacent to an activating group) is 1. The van der Waals surface area contributed by atoms with Crippen LogP contribution in [0.4, 0.5) is 5.82 Å². The number of H-pyrrole nitrogens is 1. The number of aliphatic hydroxyl groups excluding tert-OH is 1. The molecule has 2 aromatic rings. The molecule has 122 valence electrons. The van der Waals surface area contributed by atoms with Crippen molar-refractivity contribution in [2.45, 2.75) is 32.0 Å². The summed E-state index contributed by atoms with van der Waals surface area (Å²) >= 11 is 0. The number of hydrogen-bond donors (Lipinski definition) is 2. The van der Waals surface area contributed by atoms with Crippen molar-refractivity contribution in [3.05, 3.63) is 18.6 Å². The summed E-state index contributed by atoms with van der Waals surface area (Å²) in [5.74, 6) is 1.37. The number of nitrogens with zero attached hydrogens (tertiary/aromatic N) is 5. The lowest BCUT2D eigenvalue weighted by molar-refractivity contribution is -0.0179. The maximum absolute atomic E-state index is 10.1. The van der Waals surface area contributed by atoms with Crippen LogP contribution in [0.15, 0.2) is 18.6 Å². The summed E-state index contributed by atoms with van der Waals surface area (Å²) in [5.41, 5.74) is 0.826. The molecule has 0 radical (unpaired) electrons. The maximum Gasteiger partial charge on any atom is 0.142 e. The van der Waals surface area contributed by atoms with E-state index < -0.39 is 6.23 Å². The number of aromatic nitrogens is 3. The Bertz CT molecular complexity index is 708. The lowest BCUT2D eigenvalue weighted by Crippen LogP contribution is -2.54. The van der Waals surface area contributed by atoms with Crippen LogP contribution < -0.4 is 4.90 Å². The molecule has 2 aromatic heterocycles. The number of rotatable bonds is 4. The number of fused-ring (bicyclic) bond motifs is 1. The van der Waals surface area contributed by atoms with Gasteiger partial charge in [0, 0.05) is 32.4 Å². The molecule has 3 rings (SSSR count). The van der Waals surface area contributed by atoms with Gasteiger partial charge in [0.2, 0.25) is 0 Å². The zero-order chi connectivity index (χ0) is 16.4. The third-order valence-corrected chi connectivity index (χ3v) is 4.81. The van der Waals surface area contributed by atoms with Crippen LogP contribution in [-0.2, 0) is 0 Å². The summed E-state index contributed by atoms with van der Waals surface area (Å²) in [4.78, 5) is 16.0. The lowest BCUT2D eigenvalue weighted by atomic mass is 9.92. The smallest absolute Gasteiger partial charge is 0.142 e. The number of hydrogen-bond acceptors (Lipinski definition) is 6. The minimum Gasteiger partial charge on any atom is -0.377 e. The zero-order valence-corrected chi connectivity index (χ0v) is 13.5. The van der Waals surface area contributed by atoms with Gasteiger partial charge in [-0.2, -0.15) is 5.26 Å². The average molecular weight is 314 g/mol. The van der Waals surface area contributed by atoms with E-state index in [0.717, 1.165) is 36.4 Å². The van der Waals surface area contributed by atoms with Crippen LogP contribution >= 0.6 is 0 Å². The third kappa shape index (κ3) is 3.00. The van der Waals surface area contributed by atoms with Gasteiger partial charge in [-0.1, -0.05) is 6.92 Å². The van der Waals surface area contributed by atoms with Gasteiger partial charge in [-0.25, -0.2) is 9.97 Å². The molecule has 1 aliphatic rings. The molecule has 0 bridgehead atoms. The van der Waals surface area contributed by atoms with E-state index in [1.807, 2.05) is 30.3 Å². The Hall–Kier alpha value is -2.17. The Balaban J connectivity index is 1.84. The number of anilines is 1. The van der Waals surface area contributed by atoms with Crippen molar-refractivity contribution in [1.29, 1.82) is 5.26 Å². The zero-order valence-electron chi connectivity index (χ0n) is 13.5. The molecule has 0 saturated carbocycles. The second-order valence-electron chi connectivity index (χ2n) is 6.22. The van der Waals surface area contributed by atoms with Gasteiger partial charge >= 0.3 is 0 Å². The first-order valence-corrected chi connectivity index (χ1v) is 7.91. The van der Waals surface area contributed by atoms with Crippen LogP contribution in [0.3, 0.4) is 0 Å². The van der Waals surface area contributed by atoms with Crippen LogP contribution in [0.5, 0.6) is 0 Å². The molecular weight excluding hydrogens is 292 g/mol. The molecular formula is C16H22N6O. The van der Waals surface area contributed by atoms with Crippen molar-refractivity contribution in [3.8, 4) is 6.07 Å². The maximum atomic E-state index is 10.1. The van der Waals surface area contributed by atoms with Gasteiger partial charge in [0.1, 0.15) is 24.0 Å². The summed E-state index contributed by atoms with van der Waals surface area (Å²) in [6.45, 7) is 3.76. The van der Waals surface area contributed by atoms with Gasteiger partial charge in [0.25, 0.3) is 0 Å². The molecule has 1 aliphatic heterocycles. The fraction of sp³-hybridized carbons (Fsp3) is 0.562. The molecule has 3 unspecified atom stereocenters. The molecule has 2 N–H and O–H groups in total. The van der Waals surface area contributed by atoms with E-state index in [4.69, 9.17) is 5.26 Å². The second-order valence-corrected chi connectivity index (χ2v) is 6.22. The molecule has 1 saturated heterocycles. The van der Waals surface area contributed by atoms with Crippen molar-refractivity contribution in [1.82, 2.24) is 19.9 Å². The number of piperidine rings is 1. The molecule has 7 nitrogen and oxygen atoms in total. The third-order valence-electron chi connectivity index (χ3n) is 4.81. The summed E-state index contributed by atoms with van der Waals surface area (Å²) < 4.78 is 0. The van der Waals surface area contributed by atoms with Gasteiger partial charge in [0.15, 0.2) is 0 Å². The summed E-state index contributed by atoms with van der Waals surface area (Å²) in [5, 5.41) is 19.9. The Morgan fingerprint density at radius 1 is 1.57 bits per heavy atom. The molecule has 7 heteroatoms. The Kier molecular flexibility index (Phi) is 4.46. The lowest BCUT2D eigenvalue weighted by Gasteiger charge is -2.43. The highest BCUT2D eigenvalue weighted by Gasteiger charge is 2.33.